The summed E-state index contributed by atoms with van der Waals surface area (Å²) in [5.41, 5.74) is 1.42. The number of anilines is 1. The SMILES string of the molecule is O=C(CNC1CC1)Nc1nc2ccccc2nc1Cl. The van der Waals surface area contributed by atoms with Gasteiger partial charge in [-0.15, -0.1) is 0 Å². The van der Waals surface area contributed by atoms with Crippen LogP contribution in [0.3, 0.4) is 0 Å². The summed E-state index contributed by atoms with van der Waals surface area (Å²) < 4.78 is 0. The molecule has 1 heterocycles. The number of nitrogens with zero attached hydrogens (tertiary/aromatic N) is 2. The predicted molar refractivity (Wildman–Crippen MR) is 74.2 cm³/mol. The average molecular weight is 277 g/mol. The predicted octanol–water partition coefficient (Wildman–Crippen LogP) is 1.97. The topological polar surface area (TPSA) is 66.9 Å². The molecule has 1 saturated carbocycles. The number of carbonyl (C=O) groups is 1. The molecule has 1 aliphatic carbocycles. The molecule has 0 unspecified atom stereocenters. The van der Waals surface area contributed by atoms with Gasteiger partial charge in [-0.3, -0.25) is 4.79 Å². The van der Waals surface area contributed by atoms with Crippen molar-refractivity contribution in [3.05, 3.63) is 29.4 Å². The van der Waals surface area contributed by atoms with Crippen LogP contribution in [0.1, 0.15) is 12.8 Å². The highest BCUT2D eigenvalue weighted by molar-refractivity contribution is 6.32. The molecule has 2 aromatic rings. The third kappa shape index (κ3) is 3.00. The number of carbonyl (C=O) groups excluding carboxylic acids is 1. The summed E-state index contributed by atoms with van der Waals surface area (Å²) in [4.78, 5) is 20.2. The fourth-order valence-electron chi connectivity index (χ4n) is 1.76. The molecule has 5 nitrogen and oxygen atoms in total. The van der Waals surface area contributed by atoms with Crippen molar-refractivity contribution in [1.29, 1.82) is 0 Å². The highest BCUT2D eigenvalue weighted by atomic mass is 35.5. The molecular formula is C13H13ClN4O. The van der Waals surface area contributed by atoms with Crippen molar-refractivity contribution in [2.45, 2.75) is 18.9 Å². The van der Waals surface area contributed by atoms with Crippen molar-refractivity contribution in [2.24, 2.45) is 0 Å². The first-order valence-corrected chi connectivity index (χ1v) is 6.56. The molecule has 0 spiro atoms. The van der Waals surface area contributed by atoms with Crippen LogP contribution in [-0.2, 0) is 4.79 Å². The number of para-hydroxylation sites is 2. The van der Waals surface area contributed by atoms with Crippen LogP contribution in [0.15, 0.2) is 24.3 Å². The van der Waals surface area contributed by atoms with Crippen LogP contribution in [0, 0.1) is 0 Å². The molecule has 0 atom stereocenters. The number of benzene rings is 1. The minimum atomic E-state index is -0.154. The van der Waals surface area contributed by atoms with E-state index in [2.05, 4.69) is 20.6 Å². The Balaban J connectivity index is 1.75. The van der Waals surface area contributed by atoms with Crippen LogP contribution in [0.2, 0.25) is 5.15 Å². The Kier molecular flexibility index (Phi) is 3.31. The maximum atomic E-state index is 11.7. The van der Waals surface area contributed by atoms with Gasteiger partial charge < -0.3 is 10.6 Å². The number of hydrogen-bond acceptors (Lipinski definition) is 4. The molecular weight excluding hydrogens is 264 g/mol. The van der Waals surface area contributed by atoms with E-state index in [-0.39, 0.29) is 17.6 Å². The molecule has 6 heteroatoms. The van der Waals surface area contributed by atoms with Crippen LogP contribution in [0.4, 0.5) is 5.82 Å². The highest BCUT2D eigenvalue weighted by Gasteiger charge is 2.21. The van der Waals surface area contributed by atoms with E-state index in [4.69, 9.17) is 11.6 Å². The second-order valence-electron chi connectivity index (χ2n) is 4.56. The van der Waals surface area contributed by atoms with Crippen LogP contribution >= 0.6 is 11.6 Å². The van der Waals surface area contributed by atoms with Gasteiger partial charge >= 0.3 is 0 Å². The summed E-state index contributed by atoms with van der Waals surface area (Å²) in [5, 5.41) is 6.02. The van der Waals surface area contributed by atoms with Gasteiger partial charge in [0.2, 0.25) is 5.91 Å². The second-order valence-corrected chi connectivity index (χ2v) is 4.91. The first-order chi connectivity index (χ1) is 9.22. The van der Waals surface area contributed by atoms with Crippen molar-refractivity contribution in [3.63, 3.8) is 0 Å². The molecule has 1 amide bonds. The Morgan fingerprint density at radius 3 is 2.63 bits per heavy atom. The fraction of sp³-hybridized carbons (Fsp3) is 0.308. The molecule has 0 saturated heterocycles. The number of aromatic nitrogens is 2. The number of rotatable bonds is 4. The summed E-state index contributed by atoms with van der Waals surface area (Å²) in [6, 6.07) is 7.88. The molecule has 0 aliphatic heterocycles. The van der Waals surface area contributed by atoms with Crippen molar-refractivity contribution in [2.75, 3.05) is 11.9 Å². The Labute approximate surface area is 115 Å². The molecule has 0 radical (unpaired) electrons. The number of nitrogens with one attached hydrogen (secondary N) is 2. The molecule has 1 aromatic carbocycles. The van der Waals surface area contributed by atoms with E-state index in [1.807, 2.05) is 24.3 Å². The average Bonchev–Trinajstić information content (AvgIpc) is 3.21. The van der Waals surface area contributed by atoms with Gasteiger partial charge in [-0.05, 0) is 25.0 Å². The molecule has 2 N–H and O–H groups in total. The molecule has 19 heavy (non-hydrogen) atoms. The van der Waals surface area contributed by atoms with E-state index in [0.29, 0.717) is 22.9 Å². The lowest BCUT2D eigenvalue weighted by Crippen LogP contribution is -2.29. The minimum absolute atomic E-state index is 0.154. The van der Waals surface area contributed by atoms with Crippen LogP contribution in [0.5, 0.6) is 0 Å². The first kappa shape index (κ1) is 12.3. The van der Waals surface area contributed by atoms with Gasteiger partial charge in [-0.2, -0.15) is 0 Å². The van der Waals surface area contributed by atoms with Crippen LogP contribution in [-0.4, -0.2) is 28.5 Å². The monoisotopic (exact) mass is 276 g/mol. The molecule has 1 aromatic heterocycles. The van der Waals surface area contributed by atoms with Crippen LogP contribution < -0.4 is 10.6 Å². The third-order valence-electron chi connectivity index (χ3n) is 2.91. The van der Waals surface area contributed by atoms with E-state index in [1.54, 1.807) is 0 Å². The lowest BCUT2D eigenvalue weighted by atomic mass is 10.3. The highest BCUT2D eigenvalue weighted by Crippen LogP contribution is 2.21. The largest absolute Gasteiger partial charge is 0.307 e. The van der Waals surface area contributed by atoms with E-state index in [1.165, 1.54) is 0 Å². The van der Waals surface area contributed by atoms with E-state index >= 15 is 0 Å². The third-order valence-corrected chi connectivity index (χ3v) is 3.18. The normalized spacial score (nSPS) is 14.6. The minimum Gasteiger partial charge on any atom is -0.307 e. The lowest BCUT2D eigenvalue weighted by molar-refractivity contribution is -0.115. The van der Waals surface area contributed by atoms with E-state index in [0.717, 1.165) is 12.8 Å². The van der Waals surface area contributed by atoms with Gasteiger partial charge in [0, 0.05) is 6.04 Å². The standard InChI is InChI=1S/C13H13ClN4O/c14-12-13(18-11(19)7-15-8-5-6-8)17-10-4-2-1-3-9(10)16-12/h1-4,8,15H,5-7H2,(H,17,18,19). The zero-order valence-corrected chi connectivity index (χ0v) is 10.9. The Morgan fingerprint density at radius 2 is 1.95 bits per heavy atom. The molecule has 0 bridgehead atoms. The number of halogens is 1. The zero-order chi connectivity index (χ0) is 13.2. The first-order valence-electron chi connectivity index (χ1n) is 6.18. The van der Waals surface area contributed by atoms with E-state index in [9.17, 15) is 4.79 Å². The number of amides is 1. The maximum Gasteiger partial charge on any atom is 0.239 e. The zero-order valence-electron chi connectivity index (χ0n) is 10.2. The number of fused-ring (bicyclic) bond motifs is 1. The summed E-state index contributed by atoms with van der Waals surface area (Å²) >= 11 is 6.01. The molecule has 3 rings (SSSR count). The van der Waals surface area contributed by atoms with Gasteiger partial charge in [-0.1, -0.05) is 23.7 Å². The van der Waals surface area contributed by atoms with Gasteiger partial charge in [0.1, 0.15) is 0 Å². The van der Waals surface area contributed by atoms with Gasteiger partial charge in [0.25, 0.3) is 0 Å². The van der Waals surface area contributed by atoms with Gasteiger partial charge in [-0.25, -0.2) is 9.97 Å². The quantitative estimate of drug-likeness (QED) is 0.896. The summed E-state index contributed by atoms with van der Waals surface area (Å²) in [7, 11) is 0. The molecule has 1 fully saturated rings. The molecule has 98 valence electrons. The number of hydrogen-bond donors (Lipinski definition) is 2. The fourth-order valence-corrected chi connectivity index (χ4v) is 1.94. The van der Waals surface area contributed by atoms with Crippen LogP contribution in [0.25, 0.3) is 11.0 Å². The second kappa shape index (κ2) is 5.11. The lowest BCUT2D eigenvalue weighted by Gasteiger charge is -2.07. The Hall–Kier alpha value is -1.72. The van der Waals surface area contributed by atoms with Gasteiger partial charge in [0.15, 0.2) is 11.0 Å². The Morgan fingerprint density at radius 1 is 1.26 bits per heavy atom. The van der Waals surface area contributed by atoms with Crippen molar-refractivity contribution in [3.8, 4) is 0 Å². The summed E-state index contributed by atoms with van der Waals surface area (Å²) in [6.07, 6.45) is 2.29. The summed E-state index contributed by atoms with van der Waals surface area (Å²) in [6.45, 7) is 0.273. The van der Waals surface area contributed by atoms with E-state index < -0.39 is 0 Å². The Bertz CT molecular complexity index is 627. The van der Waals surface area contributed by atoms with Crippen molar-refractivity contribution in [1.82, 2.24) is 15.3 Å². The maximum absolute atomic E-state index is 11.7. The summed E-state index contributed by atoms with van der Waals surface area (Å²) in [5.74, 6) is 0.154. The smallest absolute Gasteiger partial charge is 0.239 e. The van der Waals surface area contributed by atoms with Gasteiger partial charge in [0.05, 0.1) is 17.6 Å². The van der Waals surface area contributed by atoms with Crippen molar-refractivity contribution < 1.29 is 4.79 Å². The van der Waals surface area contributed by atoms with Crippen molar-refractivity contribution >= 4 is 34.4 Å². The molecule has 1 aliphatic rings.